The van der Waals surface area contributed by atoms with Gasteiger partial charge in [-0.1, -0.05) is 35.5 Å². The smallest absolute Gasteiger partial charge is 0.251 e. The molecule has 0 bridgehead atoms. The molecule has 0 aliphatic carbocycles. The van der Waals surface area contributed by atoms with E-state index in [1.807, 2.05) is 0 Å². The van der Waals surface area contributed by atoms with Gasteiger partial charge in [-0.05, 0) is 43.3 Å². The summed E-state index contributed by atoms with van der Waals surface area (Å²) in [6, 6.07) is 12.1. The topological polar surface area (TPSA) is 88.9 Å². The van der Waals surface area contributed by atoms with Gasteiger partial charge in [-0.3, -0.25) is 9.59 Å². The van der Waals surface area contributed by atoms with Gasteiger partial charge in [-0.25, -0.2) is 4.39 Å². The fourth-order valence-corrected chi connectivity index (χ4v) is 3.50. The first-order valence-corrected chi connectivity index (χ1v) is 10.3. The highest BCUT2D eigenvalue weighted by Crippen LogP contribution is 2.20. The van der Waals surface area contributed by atoms with Crippen molar-refractivity contribution in [1.29, 1.82) is 0 Å². The standard InChI is InChI=1S/C20H19ClFN5O2S/c1-12(23-19(29)13-7-9-14(21)10-8-13)18-25-26-20(27(18)2)30-11-17(28)24-16-6-4-3-5-15(16)22/h3-10,12H,11H2,1-2H3,(H,23,29)(H,24,28)/t12-/m1/s1. The van der Waals surface area contributed by atoms with E-state index in [0.29, 0.717) is 21.6 Å². The van der Waals surface area contributed by atoms with Crippen molar-refractivity contribution in [3.05, 3.63) is 70.8 Å². The zero-order valence-corrected chi connectivity index (χ0v) is 17.8. The number of anilines is 1. The maximum Gasteiger partial charge on any atom is 0.251 e. The molecule has 0 radical (unpaired) electrons. The molecule has 0 aliphatic rings. The number of carbonyl (C=O) groups is 2. The minimum Gasteiger partial charge on any atom is -0.342 e. The van der Waals surface area contributed by atoms with E-state index in [1.54, 1.807) is 54.9 Å². The summed E-state index contributed by atoms with van der Waals surface area (Å²) in [6.07, 6.45) is 0. The third kappa shape index (κ3) is 5.37. The van der Waals surface area contributed by atoms with Crippen LogP contribution in [-0.4, -0.2) is 32.3 Å². The van der Waals surface area contributed by atoms with Crippen molar-refractivity contribution in [3.8, 4) is 0 Å². The van der Waals surface area contributed by atoms with Crippen LogP contribution < -0.4 is 10.6 Å². The van der Waals surface area contributed by atoms with Crippen molar-refractivity contribution < 1.29 is 14.0 Å². The van der Waals surface area contributed by atoms with Crippen LogP contribution in [0.4, 0.5) is 10.1 Å². The van der Waals surface area contributed by atoms with E-state index in [-0.39, 0.29) is 23.3 Å². The van der Waals surface area contributed by atoms with Crippen LogP contribution in [-0.2, 0) is 11.8 Å². The number of nitrogens with one attached hydrogen (secondary N) is 2. The number of amides is 2. The summed E-state index contributed by atoms with van der Waals surface area (Å²) in [5, 5.41) is 14.6. The number of hydrogen-bond acceptors (Lipinski definition) is 5. The number of hydrogen-bond donors (Lipinski definition) is 2. The van der Waals surface area contributed by atoms with Gasteiger partial charge in [-0.2, -0.15) is 0 Å². The zero-order chi connectivity index (χ0) is 21.7. The molecule has 0 aliphatic heterocycles. The van der Waals surface area contributed by atoms with Gasteiger partial charge < -0.3 is 15.2 Å². The van der Waals surface area contributed by atoms with Crippen LogP contribution in [0.2, 0.25) is 5.02 Å². The highest BCUT2D eigenvalue weighted by atomic mass is 35.5. The molecule has 2 amide bonds. The summed E-state index contributed by atoms with van der Waals surface area (Å²) in [4.78, 5) is 24.5. The number of rotatable bonds is 7. The summed E-state index contributed by atoms with van der Waals surface area (Å²) in [6.45, 7) is 1.79. The average molecular weight is 448 g/mol. The van der Waals surface area contributed by atoms with Gasteiger partial charge in [0, 0.05) is 17.6 Å². The van der Waals surface area contributed by atoms with E-state index < -0.39 is 11.9 Å². The molecule has 10 heteroatoms. The van der Waals surface area contributed by atoms with E-state index in [0.717, 1.165) is 11.8 Å². The van der Waals surface area contributed by atoms with Crippen molar-refractivity contribution in [1.82, 2.24) is 20.1 Å². The first kappa shape index (κ1) is 21.8. The lowest BCUT2D eigenvalue weighted by Gasteiger charge is -2.13. The summed E-state index contributed by atoms with van der Waals surface area (Å²) in [5.41, 5.74) is 0.605. The fourth-order valence-electron chi connectivity index (χ4n) is 2.65. The summed E-state index contributed by atoms with van der Waals surface area (Å²) in [5.74, 6) is -0.554. The Bertz CT molecular complexity index is 1060. The Kier molecular flexibility index (Phi) is 7.07. The van der Waals surface area contributed by atoms with Crippen LogP contribution in [0.25, 0.3) is 0 Å². The first-order valence-electron chi connectivity index (χ1n) is 8.98. The van der Waals surface area contributed by atoms with Gasteiger partial charge in [0.15, 0.2) is 11.0 Å². The monoisotopic (exact) mass is 447 g/mol. The molecule has 30 heavy (non-hydrogen) atoms. The number of carbonyl (C=O) groups excluding carboxylic acids is 2. The third-order valence-electron chi connectivity index (χ3n) is 4.19. The van der Waals surface area contributed by atoms with Crippen molar-refractivity contribution in [2.24, 2.45) is 7.05 Å². The lowest BCUT2D eigenvalue weighted by molar-refractivity contribution is -0.113. The molecule has 2 N–H and O–H groups in total. The van der Waals surface area contributed by atoms with E-state index in [2.05, 4.69) is 20.8 Å². The van der Waals surface area contributed by atoms with Crippen molar-refractivity contribution in [3.63, 3.8) is 0 Å². The minimum absolute atomic E-state index is 0.0336. The minimum atomic E-state index is -0.498. The largest absolute Gasteiger partial charge is 0.342 e. The number of nitrogens with zero attached hydrogens (tertiary/aromatic N) is 3. The van der Waals surface area contributed by atoms with Crippen LogP contribution in [0.3, 0.4) is 0 Å². The van der Waals surface area contributed by atoms with Crippen molar-refractivity contribution in [2.45, 2.75) is 18.1 Å². The molecule has 3 aromatic rings. The average Bonchev–Trinajstić information content (AvgIpc) is 3.09. The molecular formula is C20H19ClFN5O2S. The number of halogens is 2. The van der Waals surface area contributed by atoms with Gasteiger partial charge in [0.25, 0.3) is 5.91 Å². The van der Waals surface area contributed by atoms with E-state index in [4.69, 9.17) is 11.6 Å². The Hall–Kier alpha value is -2.91. The predicted octanol–water partition coefficient (Wildman–Crippen LogP) is 3.83. The van der Waals surface area contributed by atoms with Gasteiger partial charge in [-0.15, -0.1) is 10.2 Å². The molecule has 0 fully saturated rings. The number of benzene rings is 2. The zero-order valence-electron chi connectivity index (χ0n) is 16.2. The van der Waals surface area contributed by atoms with E-state index >= 15 is 0 Å². The molecule has 0 saturated heterocycles. The van der Waals surface area contributed by atoms with Gasteiger partial charge >= 0.3 is 0 Å². The Balaban J connectivity index is 1.58. The molecule has 0 spiro atoms. The summed E-state index contributed by atoms with van der Waals surface area (Å²) < 4.78 is 15.3. The molecule has 1 aromatic heterocycles. The Morgan fingerprint density at radius 2 is 1.87 bits per heavy atom. The van der Waals surface area contributed by atoms with Crippen LogP contribution in [0.5, 0.6) is 0 Å². The Morgan fingerprint density at radius 1 is 1.17 bits per heavy atom. The third-order valence-corrected chi connectivity index (χ3v) is 5.46. The molecule has 2 aromatic carbocycles. The molecule has 1 atom stereocenters. The molecular weight excluding hydrogens is 429 g/mol. The second kappa shape index (κ2) is 9.73. The van der Waals surface area contributed by atoms with Crippen molar-refractivity contribution >= 4 is 40.9 Å². The van der Waals surface area contributed by atoms with Crippen LogP contribution >= 0.6 is 23.4 Å². The fraction of sp³-hybridized carbons (Fsp3) is 0.200. The lowest BCUT2D eigenvalue weighted by Crippen LogP contribution is -2.28. The number of thioether (sulfide) groups is 1. The van der Waals surface area contributed by atoms with Gasteiger partial charge in [0.1, 0.15) is 5.82 Å². The molecule has 3 rings (SSSR count). The number of aromatic nitrogens is 3. The van der Waals surface area contributed by atoms with Crippen LogP contribution in [0, 0.1) is 5.82 Å². The van der Waals surface area contributed by atoms with Gasteiger partial charge in [0.2, 0.25) is 5.91 Å². The van der Waals surface area contributed by atoms with E-state index in [9.17, 15) is 14.0 Å². The SMILES string of the molecule is C[C@@H](NC(=O)c1ccc(Cl)cc1)c1nnc(SCC(=O)Nc2ccccc2F)n1C. The highest BCUT2D eigenvalue weighted by molar-refractivity contribution is 7.99. The normalized spacial score (nSPS) is 11.7. The second-order valence-corrected chi connectivity index (χ2v) is 7.80. The van der Waals surface area contributed by atoms with E-state index in [1.165, 1.54) is 12.1 Å². The predicted molar refractivity (Wildman–Crippen MR) is 114 cm³/mol. The maximum absolute atomic E-state index is 13.6. The lowest BCUT2D eigenvalue weighted by atomic mass is 10.2. The van der Waals surface area contributed by atoms with Crippen LogP contribution in [0.1, 0.15) is 29.1 Å². The second-order valence-electron chi connectivity index (χ2n) is 6.42. The Labute approximate surface area is 182 Å². The molecule has 0 saturated carbocycles. The van der Waals surface area contributed by atoms with Gasteiger partial charge in [0.05, 0.1) is 17.5 Å². The summed E-state index contributed by atoms with van der Waals surface area (Å²) in [7, 11) is 1.75. The molecule has 1 heterocycles. The molecule has 0 unspecified atom stereocenters. The highest BCUT2D eigenvalue weighted by Gasteiger charge is 2.19. The molecule has 156 valence electrons. The maximum atomic E-state index is 13.6. The summed E-state index contributed by atoms with van der Waals surface area (Å²) >= 11 is 7.01. The first-order chi connectivity index (χ1) is 14.3. The molecule has 7 nitrogen and oxygen atoms in total. The van der Waals surface area contributed by atoms with Crippen LogP contribution in [0.15, 0.2) is 53.7 Å². The quantitative estimate of drug-likeness (QED) is 0.537. The Morgan fingerprint density at radius 3 is 2.57 bits per heavy atom. The number of para-hydroxylation sites is 1. The van der Waals surface area contributed by atoms with Crippen molar-refractivity contribution in [2.75, 3.05) is 11.1 Å².